The van der Waals surface area contributed by atoms with Gasteiger partial charge >= 0.3 is 5.97 Å². The third kappa shape index (κ3) is 8.14. The number of carboxylic acid groups (broad SMARTS) is 1. The van der Waals surface area contributed by atoms with Crippen LogP contribution in [0.3, 0.4) is 0 Å². The molecule has 0 spiro atoms. The first-order chi connectivity index (χ1) is 19.7. The number of H-pyrrole nitrogens is 1. The SMILES string of the molecule is C#CCN(Cc1cc2c(=O)[nH]c(C)nc2cc1C)c1c(F)cccc1C(=O)N[C@@H](CCCC(=O)NS(C)(=O)=O)C(=O)O. The number of carbonyl (C=O) groups is 3. The first-order valence-electron chi connectivity index (χ1n) is 12.7. The lowest BCUT2D eigenvalue weighted by molar-refractivity contribution is -0.139. The van der Waals surface area contributed by atoms with Crippen molar-refractivity contribution in [2.75, 3.05) is 17.7 Å². The molecule has 4 N–H and O–H groups in total. The minimum atomic E-state index is -3.77. The minimum absolute atomic E-state index is 0.0122. The van der Waals surface area contributed by atoms with Gasteiger partial charge in [-0.2, -0.15) is 0 Å². The quantitative estimate of drug-likeness (QED) is 0.226. The number of hydrogen-bond donors (Lipinski definition) is 4. The van der Waals surface area contributed by atoms with Crippen LogP contribution < -0.4 is 20.5 Å². The van der Waals surface area contributed by atoms with E-state index in [0.717, 1.165) is 17.9 Å². The second-order valence-electron chi connectivity index (χ2n) is 9.70. The standard InChI is InChI=1S/C28H30FN5O7S/c1-5-12-34(15-18-14-20-23(13-16(18)2)30-17(3)31-27(20)37)25-19(8-6-9-21(25)29)26(36)32-22(28(38)39)10-7-11-24(35)33-42(4,40)41/h1,6,8-9,13-14,22H,7,10-12,15H2,2-4H3,(H,32,36)(H,33,35)(H,38,39)(H,30,31,37)/t22-/m0/s1. The molecule has 0 radical (unpaired) electrons. The Hall–Kier alpha value is -4.77. The van der Waals surface area contributed by atoms with Gasteiger partial charge in [-0.1, -0.05) is 12.0 Å². The highest BCUT2D eigenvalue weighted by Crippen LogP contribution is 2.28. The number of aryl methyl sites for hydroxylation is 2. The van der Waals surface area contributed by atoms with Crippen molar-refractivity contribution in [1.82, 2.24) is 20.0 Å². The van der Waals surface area contributed by atoms with E-state index in [1.165, 1.54) is 17.0 Å². The Morgan fingerprint density at radius 2 is 1.95 bits per heavy atom. The van der Waals surface area contributed by atoms with E-state index in [0.29, 0.717) is 22.3 Å². The van der Waals surface area contributed by atoms with Gasteiger partial charge in [-0.05, 0) is 62.1 Å². The number of nitrogens with zero attached hydrogens (tertiary/aromatic N) is 2. The number of carboxylic acids is 1. The molecule has 3 rings (SSSR count). The molecule has 42 heavy (non-hydrogen) atoms. The van der Waals surface area contributed by atoms with Gasteiger partial charge in [-0.3, -0.25) is 19.1 Å². The molecular formula is C28H30FN5O7S. The molecule has 0 aliphatic rings. The van der Waals surface area contributed by atoms with Crippen molar-refractivity contribution >= 4 is 44.4 Å². The molecule has 1 heterocycles. The first kappa shape index (κ1) is 31.8. The van der Waals surface area contributed by atoms with Gasteiger partial charge in [-0.25, -0.2) is 22.6 Å². The number of hydrogen-bond acceptors (Lipinski definition) is 8. The van der Waals surface area contributed by atoms with Crippen LogP contribution in [0.5, 0.6) is 0 Å². The number of anilines is 1. The van der Waals surface area contributed by atoms with Gasteiger partial charge in [0.25, 0.3) is 11.5 Å². The number of terminal acetylenes is 1. The minimum Gasteiger partial charge on any atom is -0.480 e. The van der Waals surface area contributed by atoms with E-state index in [2.05, 4.69) is 21.2 Å². The zero-order valence-corrected chi connectivity index (χ0v) is 24.0. The van der Waals surface area contributed by atoms with Gasteiger partial charge in [-0.15, -0.1) is 6.42 Å². The molecule has 14 heteroatoms. The van der Waals surface area contributed by atoms with Crippen LogP contribution in [-0.2, 0) is 26.2 Å². The van der Waals surface area contributed by atoms with Gasteiger partial charge < -0.3 is 20.3 Å². The number of fused-ring (bicyclic) bond motifs is 1. The summed E-state index contributed by atoms with van der Waals surface area (Å²) in [6.07, 6.45) is 5.84. The molecule has 1 aromatic heterocycles. The van der Waals surface area contributed by atoms with Crippen molar-refractivity contribution in [3.05, 3.63) is 69.0 Å². The number of halogens is 1. The Balaban J connectivity index is 1.89. The Kier molecular flexibility index (Phi) is 10.0. The number of benzene rings is 2. The largest absolute Gasteiger partial charge is 0.480 e. The van der Waals surface area contributed by atoms with Crippen LogP contribution in [-0.4, -0.2) is 60.1 Å². The van der Waals surface area contributed by atoms with E-state index in [4.69, 9.17) is 6.42 Å². The molecular weight excluding hydrogens is 569 g/mol. The van der Waals surface area contributed by atoms with Crippen LogP contribution in [0.1, 0.15) is 46.6 Å². The molecule has 0 bridgehead atoms. The predicted molar refractivity (Wildman–Crippen MR) is 154 cm³/mol. The normalized spacial score (nSPS) is 11.9. The number of para-hydroxylation sites is 1. The molecule has 2 amide bonds. The maximum absolute atomic E-state index is 15.3. The van der Waals surface area contributed by atoms with Crippen LogP contribution in [0.25, 0.3) is 10.9 Å². The summed E-state index contributed by atoms with van der Waals surface area (Å²) in [4.78, 5) is 57.8. The lowest BCUT2D eigenvalue weighted by Gasteiger charge is -2.27. The average Bonchev–Trinajstić information content (AvgIpc) is 2.87. The number of aromatic amines is 1. The zero-order valence-electron chi connectivity index (χ0n) is 23.2. The molecule has 1 atom stereocenters. The summed E-state index contributed by atoms with van der Waals surface area (Å²) >= 11 is 0. The van der Waals surface area contributed by atoms with Crippen molar-refractivity contribution in [3.63, 3.8) is 0 Å². The number of carbonyl (C=O) groups excluding carboxylic acids is 2. The summed E-state index contributed by atoms with van der Waals surface area (Å²) in [6, 6.07) is 5.65. The summed E-state index contributed by atoms with van der Waals surface area (Å²) in [7, 11) is -3.77. The van der Waals surface area contributed by atoms with Crippen LogP contribution in [0.4, 0.5) is 10.1 Å². The third-order valence-corrected chi connectivity index (χ3v) is 6.87. The van der Waals surface area contributed by atoms with Crippen LogP contribution in [0.15, 0.2) is 35.1 Å². The number of rotatable bonds is 12. The van der Waals surface area contributed by atoms with E-state index >= 15 is 4.39 Å². The fourth-order valence-corrected chi connectivity index (χ4v) is 4.91. The Morgan fingerprint density at radius 1 is 1.24 bits per heavy atom. The number of nitrogens with one attached hydrogen (secondary N) is 3. The van der Waals surface area contributed by atoms with Crippen molar-refractivity contribution in [2.24, 2.45) is 0 Å². The molecule has 0 fully saturated rings. The molecule has 0 saturated carbocycles. The van der Waals surface area contributed by atoms with Crippen LogP contribution >= 0.6 is 0 Å². The summed E-state index contributed by atoms with van der Waals surface area (Å²) in [5.74, 6) is -1.00. The molecule has 3 aromatic rings. The van der Waals surface area contributed by atoms with Gasteiger partial charge in [0.15, 0.2) is 0 Å². The average molecular weight is 600 g/mol. The zero-order chi connectivity index (χ0) is 31.2. The number of aromatic nitrogens is 2. The molecule has 0 aliphatic carbocycles. The predicted octanol–water partition coefficient (Wildman–Crippen LogP) is 1.75. The van der Waals surface area contributed by atoms with Crippen molar-refractivity contribution < 1.29 is 32.3 Å². The molecule has 12 nitrogen and oxygen atoms in total. The molecule has 0 saturated heterocycles. The maximum Gasteiger partial charge on any atom is 0.326 e. The number of sulfonamides is 1. The highest BCUT2D eigenvalue weighted by Gasteiger charge is 2.26. The summed E-state index contributed by atoms with van der Waals surface area (Å²) in [5.41, 5.74) is 1.16. The van der Waals surface area contributed by atoms with E-state index in [-0.39, 0.29) is 49.2 Å². The number of amides is 2. The van der Waals surface area contributed by atoms with E-state index in [1.807, 2.05) is 0 Å². The summed E-state index contributed by atoms with van der Waals surface area (Å²) in [5, 5.41) is 12.3. The molecule has 2 aromatic carbocycles. The third-order valence-electron chi connectivity index (χ3n) is 6.27. The maximum atomic E-state index is 15.3. The van der Waals surface area contributed by atoms with Gasteiger partial charge in [0, 0.05) is 13.0 Å². The van der Waals surface area contributed by atoms with Crippen molar-refractivity contribution in [3.8, 4) is 12.3 Å². The van der Waals surface area contributed by atoms with Gasteiger partial charge in [0.05, 0.1) is 35.0 Å². The second-order valence-corrected chi connectivity index (χ2v) is 11.4. The van der Waals surface area contributed by atoms with E-state index < -0.39 is 39.7 Å². The fourth-order valence-electron chi connectivity index (χ4n) is 4.39. The lowest BCUT2D eigenvalue weighted by atomic mass is 10.0. The Labute approximate surface area is 241 Å². The Bertz CT molecular complexity index is 1750. The topological polar surface area (TPSA) is 179 Å². The van der Waals surface area contributed by atoms with Crippen molar-refractivity contribution in [1.29, 1.82) is 0 Å². The summed E-state index contributed by atoms with van der Waals surface area (Å²) in [6.45, 7) is 3.34. The van der Waals surface area contributed by atoms with E-state index in [9.17, 15) is 32.7 Å². The van der Waals surface area contributed by atoms with Crippen molar-refractivity contribution in [2.45, 2.75) is 45.7 Å². The van der Waals surface area contributed by atoms with Gasteiger partial charge in [0.2, 0.25) is 15.9 Å². The lowest BCUT2D eigenvalue weighted by Crippen LogP contribution is -2.41. The van der Waals surface area contributed by atoms with E-state index in [1.54, 1.807) is 30.7 Å². The monoisotopic (exact) mass is 599 g/mol. The second kappa shape index (κ2) is 13.3. The summed E-state index contributed by atoms with van der Waals surface area (Å²) < 4.78 is 39.4. The van der Waals surface area contributed by atoms with Crippen LogP contribution in [0.2, 0.25) is 0 Å². The number of aliphatic carboxylic acids is 1. The van der Waals surface area contributed by atoms with Crippen LogP contribution in [0, 0.1) is 32.0 Å². The highest BCUT2D eigenvalue weighted by molar-refractivity contribution is 7.89. The van der Waals surface area contributed by atoms with Gasteiger partial charge in [0.1, 0.15) is 17.7 Å². The Morgan fingerprint density at radius 3 is 2.60 bits per heavy atom. The molecule has 222 valence electrons. The molecule has 0 unspecified atom stereocenters. The smallest absolute Gasteiger partial charge is 0.326 e. The molecule has 0 aliphatic heterocycles. The fraction of sp³-hybridized carbons (Fsp3) is 0.321. The highest BCUT2D eigenvalue weighted by atomic mass is 32.2. The first-order valence-corrected chi connectivity index (χ1v) is 14.6.